The lowest BCUT2D eigenvalue weighted by Gasteiger charge is -2.26. The lowest BCUT2D eigenvalue weighted by atomic mass is 9.85. The zero-order valence-corrected chi connectivity index (χ0v) is 10.4. The first kappa shape index (κ1) is 14.9. The molecule has 2 atom stereocenters. The Morgan fingerprint density at radius 2 is 1.88 bits per heavy atom. The lowest BCUT2D eigenvalue weighted by molar-refractivity contribution is -0.141. The van der Waals surface area contributed by atoms with Crippen molar-refractivity contribution in [1.29, 1.82) is 0 Å². The van der Waals surface area contributed by atoms with E-state index in [1.165, 1.54) is 0 Å². The molecule has 0 aromatic carbocycles. The SMILES string of the molecule is CC(CNC(=O)CC(N)C(C)(C)C)C(=O)O. The van der Waals surface area contributed by atoms with E-state index in [0.29, 0.717) is 0 Å². The van der Waals surface area contributed by atoms with Gasteiger partial charge in [-0.3, -0.25) is 9.59 Å². The van der Waals surface area contributed by atoms with Crippen molar-refractivity contribution < 1.29 is 14.7 Å². The van der Waals surface area contributed by atoms with Crippen molar-refractivity contribution >= 4 is 11.9 Å². The molecule has 2 unspecified atom stereocenters. The van der Waals surface area contributed by atoms with E-state index < -0.39 is 11.9 Å². The Morgan fingerprint density at radius 1 is 1.38 bits per heavy atom. The largest absolute Gasteiger partial charge is 0.481 e. The number of carboxylic acid groups (broad SMARTS) is 1. The number of amides is 1. The normalized spacial score (nSPS) is 15.3. The second kappa shape index (κ2) is 5.84. The van der Waals surface area contributed by atoms with E-state index in [2.05, 4.69) is 5.32 Å². The Balaban J connectivity index is 3.97. The molecule has 0 aliphatic carbocycles. The Hall–Kier alpha value is -1.10. The smallest absolute Gasteiger partial charge is 0.308 e. The summed E-state index contributed by atoms with van der Waals surface area (Å²) >= 11 is 0. The van der Waals surface area contributed by atoms with Gasteiger partial charge in [0.2, 0.25) is 5.91 Å². The van der Waals surface area contributed by atoms with Crippen LogP contribution in [-0.4, -0.2) is 29.6 Å². The standard InChI is InChI=1S/C11H22N2O3/c1-7(10(15)16)6-13-9(14)5-8(12)11(2,3)4/h7-8H,5-6,12H2,1-4H3,(H,13,14)(H,15,16). The molecule has 16 heavy (non-hydrogen) atoms. The molecule has 5 nitrogen and oxygen atoms in total. The third-order valence-electron chi connectivity index (χ3n) is 2.54. The van der Waals surface area contributed by atoms with Gasteiger partial charge in [-0.15, -0.1) is 0 Å². The number of aliphatic carboxylic acids is 1. The summed E-state index contributed by atoms with van der Waals surface area (Å²) in [6.07, 6.45) is 0.218. The molecule has 0 aromatic heterocycles. The predicted molar refractivity (Wildman–Crippen MR) is 61.9 cm³/mol. The summed E-state index contributed by atoms with van der Waals surface area (Å²) in [5, 5.41) is 11.2. The van der Waals surface area contributed by atoms with Crippen molar-refractivity contribution in [3.63, 3.8) is 0 Å². The number of nitrogens with two attached hydrogens (primary N) is 1. The van der Waals surface area contributed by atoms with Crippen LogP contribution < -0.4 is 11.1 Å². The van der Waals surface area contributed by atoms with Gasteiger partial charge < -0.3 is 16.2 Å². The van der Waals surface area contributed by atoms with Gasteiger partial charge in [-0.25, -0.2) is 0 Å². The van der Waals surface area contributed by atoms with Crippen LogP contribution in [0.1, 0.15) is 34.1 Å². The van der Waals surface area contributed by atoms with Crippen LogP contribution in [-0.2, 0) is 9.59 Å². The molecule has 5 heteroatoms. The van der Waals surface area contributed by atoms with E-state index in [-0.39, 0.29) is 30.3 Å². The summed E-state index contributed by atoms with van der Waals surface area (Å²) in [6, 6.07) is -0.229. The van der Waals surface area contributed by atoms with Crippen LogP contribution in [0.3, 0.4) is 0 Å². The summed E-state index contributed by atoms with van der Waals surface area (Å²) in [5.74, 6) is -1.69. The summed E-state index contributed by atoms with van der Waals surface area (Å²) in [5.41, 5.74) is 5.71. The maximum absolute atomic E-state index is 11.4. The van der Waals surface area contributed by atoms with Crippen LogP contribution in [0, 0.1) is 11.3 Å². The summed E-state index contributed by atoms with van der Waals surface area (Å²) < 4.78 is 0. The lowest BCUT2D eigenvalue weighted by Crippen LogP contribution is -2.41. The van der Waals surface area contributed by atoms with Crippen LogP contribution in [0.25, 0.3) is 0 Å². The monoisotopic (exact) mass is 230 g/mol. The molecule has 1 amide bonds. The van der Waals surface area contributed by atoms with Gasteiger partial charge in [-0.1, -0.05) is 27.7 Å². The van der Waals surface area contributed by atoms with Gasteiger partial charge in [0.1, 0.15) is 0 Å². The highest BCUT2D eigenvalue weighted by atomic mass is 16.4. The maximum Gasteiger partial charge on any atom is 0.308 e. The van der Waals surface area contributed by atoms with E-state index in [9.17, 15) is 9.59 Å². The quantitative estimate of drug-likeness (QED) is 0.644. The molecule has 0 spiro atoms. The minimum atomic E-state index is -0.916. The molecule has 0 bridgehead atoms. The number of carbonyl (C=O) groups excluding carboxylic acids is 1. The average Bonchev–Trinajstić information content (AvgIpc) is 2.12. The Bertz CT molecular complexity index is 258. The van der Waals surface area contributed by atoms with Gasteiger partial charge >= 0.3 is 5.97 Å². The molecule has 0 aliphatic rings. The number of hydrogen-bond acceptors (Lipinski definition) is 3. The number of carboxylic acids is 1. The van der Waals surface area contributed by atoms with Gasteiger partial charge in [0.05, 0.1) is 5.92 Å². The highest BCUT2D eigenvalue weighted by Crippen LogP contribution is 2.19. The van der Waals surface area contributed by atoms with E-state index in [1.807, 2.05) is 20.8 Å². The van der Waals surface area contributed by atoms with Gasteiger partial charge in [-0.05, 0) is 5.41 Å². The minimum Gasteiger partial charge on any atom is -0.481 e. The van der Waals surface area contributed by atoms with Crippen LogP contribution >= 0.6 is 0 Å². The van der Waals surface area contributed by atoms with Crippen molar-refractivity contribution in [3.05, 3.63) is 0 Å². The molecular weight excluding hydrogens is 208 g/mol. The van der Waals surface area contributed by atoms with E-state index >= 15 is 0 Å². The topological polar surface area (TPSA) is 92.4 Å². The second-order valence-electron chi connectivity index (χ2n) is 5.22. The molecule has 0 aliphatic heterocycles. The summed E-state index contributed by atoms with van der Waals surface area (Å²) in [4.78, 5) is 22.0. The Morgan fingerprint density at radius 3 is 2.25 bits per heavy atom. The molecular formula is C11H22N2O3. The second-order valence-corrected chi connectivity index (χ2v) is 5.22. The van der Waals surface area contributed by atoms with E-state index in [1.54, 1.807) is 6.92 Å². The fraction of sp³-hybridized carbons (Fsp3) is 0.818. The van der Waals surface area contributed by atoms with Crippen molar-refractivity contribution in [1.82, 2.24) is 5.32 Å². The van der Waals surface area contributed by atoms with Crippen molar-refractivity contribution in [2.45, 2.75) is 40.2 Å². The molecule has 94 valence electrons. The zero-order valence-electron chi connectivity index (χ0n) is 10.4. The zero-order chi connectivity index (χ0) is 12.9. The van der Waals surface area contributed by atoms with Gasteiger partial charge in [0, 0.05) is 19.0 Å². The highest BCUT2D eigenvalue weighted by molar-refractivity contribution is 5.77. The molecule has 0 heterocycles. The first-order chi connectivity index (χ1) is 7.14. The van der Waals surface area contributed by atoms with Crippen molar-refractivity contribution in [2.24, 2.45) is 17.1 Å². The maximum atomic E-state index is 11.4. The molecule has 0 rings (SSSR count). The predicted octanol–water partition coefficient (Wildman–Crippen LogP) is 0.587. The van der Waals surface area contributed by atoms with Crippen molar-refractivity contribution in [2.75, 3.05) is 6.54 Å². The first-order valence-electron chi connectivity index (χ1n) is 5.39. The van der Waals surface area contributed by atoms with E-state index in [4.69, 9.17) is 10.8 Å². The van der Waals surface area contributed by atoms with Gasteiger partial charge in [0.15, 0.2) is 0 Å². The fourth-order valence-corrected chi connectivity index (χ4v) is 0.932. The Labute approximate surface area is 96.4 Å². The Kier molecular flexibility index (Phi) is 5.44. The fourth-order valence-electron chi connectivity index (χ4n) is 0.932. The van der Waals surface area contributed by atoms with Crippen LogP contribution in [0.15, 0.2) is 0 Å². The van der Waals surface area contributed by atoms with Crippen molar-refractivity contribution in [3.8, 4) is 0 Å². The highest BCUT2D eigenvalue weighted by Gasteiger charge is 2.23. The number of hydrogen-bond donors (Lipinski definition) is 3. The number of carbonyl (C=O) groups is 2. The summed E-state index contributed by atoms with van der Waals surface area (Å²) in [6.45, 7) is 7.58. The van der Waals surface area contributed by atoms with Gasteiger partial charge in [0.25, 0.3) is 0 Å². The van der Waals surface area contributed by atoms with Crippen LogP contribution in [0.4, 0.5) is 0 Å². The number of nitrogens with one attached hydrogen (secondary N) is 1. The average molecular weight is 230 g/mol. The molecule has 0 saturated heterocycles. The minimum absolute atomic E-state index is 0.129. The number of rotatable bonds is 5. The molecule has 4 N–H and O–H groups in total. The molecule has 0 saturated carbocycles. The first-order valence-corrected chi connectivity index (χ1v) is 5.39. The van der Waals surface area contributed by atoms with Gasteiger partial charge in [-0.2, -0.15) is 0 Å². The summed E-state index contributed by atoms with van der Waals surface area (Å²) in [7, 11) is 0. The van der Waals surface area contributed by atoms with E-state index in [0.717, 1.165) is 0 Å². The van der Waals surface area contributed by atoms with Crippen LogP contribution in [0.5, 0.6) is 0 Å². The molecule has 0 fully saturated rings. The molecule has 0 radical (unpaired) electrons. The third-order valence-corrected chi connectivity index (χ3v) is 2.54. The molecule has 0 aromatic rings. The third kappa shape index (κ3) is 5.70. The van der Waals surface area contributed by atoms with Crippen LogP contribution in [0.2, 0.25) is 0 Å².